The molecule has 1 aromatic rings. The number of ether oxygens (including phenoxy) is 2. The maximum Gasteiger partial charge on any atom is 0.200 e. The van der Waals surface area contributed by atoms with Crippen molar-refractivity contribution in [2.24, 2.45) is 5.73 Å². The van der Waals surface area contributed by atoms with Gasteiger partial charge in [0.05, 0.1) is 14.2 Å². The van der Waals surface area contributed by atoms with Crippen LogP contribution in [0.4, 0.5) is 0 Å². The summed E-state index contributed by atoms with van der Waals surface area (Å²) in [7, 11) is 2.98. The third-order valence-electron chi connectivity index (χ3n) is 1.95. The monoisotopic (exact) mass is 209 g/mol. The van der Waals surface area contributed by atoms with E-state index in [-0.39, 0.29) is 5.75 Å². The second-order valence-electron chi connectivity index (χ2n) is 2.91. The van der Waals surface area contributed by atoms with Crippen LogP contribution in [-0.2, 0) is 0 Å². The fraction of sp³-hybridized carbons (Fsp3) is 0.273. The molecule has 0 spiro atoms. The van der Waals surface area contributed by atoms with Crippen molar-refractivity contribution in [3.05, 3.63) is 23.8 Å². The fourth-order valence-electron chi connectivity index (χ4n) is 1.21. The molecule has 1 rings (SSSR count). The largest absolute Gasteiger partial charge is 0.502 e. The van der Waals surface area contributed by atoms with Crippen molar-refractivity contribution in [3.63, 3.8) is 0 Å². The van der Waals surface area contributed by atoms with E-state index in [1.165, 1.54) is 14.2 Å². The molecule has 1 aromatic carbocycles. The quantitative estimate of drug-likeness (QED) is 0.786. The molecule has 0 heterocycles. The van der Waals surface area contributed by atoms with Crippen molar-refractivity contribution in [1.82, 2.24) is 0 Å². The van der Waals surface area contributed by atoms with Crippen molar-refractivity contribution in [3.8, 4) is 17.2 Å². The van der Waals surface area contributed by atoms with Crippen molar-refractivity contribution in [2.75, 3.05) is 20.8 Å². The van der Waals surface area contributed by atoms with Crippen LogP contribution in [0.5, 0.6) is 17.2 Å². The van der Waals surface area contributed by atoms with Gasteiger partial charge in [0.15, 0.2) is 11.5 Å². The molecule has 0 bridgehead atoms. The second kappa shape index (κ2) is 5.26. The third-order valence-corrected chi connectivity index (χ3v) is 1.95. The molecular weight excluding hydrogens is 194 g/mol. The molecule has 4 heteroatoms. The van der Waals surface area contributed by atoms with Gasteiger partial charge in [-0.05, 0) is 17.7 Å². The van der Waals surface area contributed by atoms with Gasteiger partial charge in [0.2, 0.25) is 5.75 Å². The van der Waals surface area contributed by atoms with Gasteiger partial charge in [-0.15, -0.1) is 0 Å². The van der Waals surface area contributed by atoms with Crippen LogP contribution in [-0.4, -0.2) is 25.9 Å². The molecule has 0 saturated heterocycles. The van der Waals surface area contributed by atoms with E-state index < -0.39 is 0 Å². The van der Waals surface area contributed by atoms with Crippen molar-refractivity contribution < 1.29 is 14.6 Å². The Bertz CT molecular complexity index is 336. The summed E-state index contributed by atoms with van der Waals surface area (Å²) in [5.41, 5.74) is 6.22. The summed E-state index contributed by atoms with van der Waals surface area (Å²) >= 11 is 0. The van der Waals surface area contributed by atoms with E-state index in [0.29, 0.717) is 18.0 Å². The first-order valence-corrected chi connectivity index (χ1v) is 4.54. The highest BCUT2D eigenvalue weighted by Gasteiger charge is 2.09. The Hall–Kier alpha value is -1.68. The van der Waals surface area contributed by atoms with Gasteiger partial charge in [-0.1, -0.05) is 12.2 Å². The third kappa shape index (κ3) is 2.63. The van der Waals surface area contributed by atoms with E-state index in [1.807, 2.05) is 12.2 Å². The summed E-state index contributed by atoms with van der Waals surface area (Å²) < 4.78 is 10.0. The maximum absolute atomic E-state index is 9.64. The minimum atomic E-state index is 0.00454. The minimum absolute atomic E-state index is 0.00454. The zero-order valence-electron chi connectivity index (χ0n) is 8.86. The molecule has 0 atom stereocenters. The van der Waals surface area contributed by atoms with Crippen molar-refractivity contribution in [2.45, 2.75) is 0 Å². The molecule has 3 N–H and O–H groups in total. The Balaban J connectivity index is 3.14. The van der Waals surface area contributed by atoms with Gasteiger partial charge >= 0.3 is 0 Å². The fourth-order valence-corrected chi connectivity index (χ4v) is 1.21. The standard InChI is InChI=1S/C11H15NO3/c1-14-9-6-8(4-3-5-12)7-10(15-2)11(9)13/h3-4,6-7,13H,5,12H2,1-2H3. The van der Waals surface area contributed by atoms with Crippen LogP contribution in [0.3, 0.4) is 0 Å². The normalized spacial score (nSPS) is 10.6. The van der Waals surface area contributed by atoms with Gasteiger partial charge in [-0.3, -0.25) is 0 Å². The molecule has 0 aliphatic rings. The van der Waals surface area contributed by atoms with Crippen molar-refractivity contribution >= 4 is 6.08 Å². The first-order valence-electron chi connectivity index (χ1n) is 4.54. The zero-order chi connectivity index (χ0) is 11.3. The molecule has 0 aliphatic heterocycles. The van der Waals surface area contributed by atoms with Crippen molar-refractivity contribution in [1.29, 1.82) is 0 Å². The predicted molar refractivity (Wildman–Crippen MR) is 59.3 cm³/mol. The number of phenolic OH excluding ortho intramolecular Hbond substituents is 1. The van der Waals surface area contributed by atoms with Gasteiger partial charge in [-0.2, -0.15) is 0 Å². The lowest BCUT2D eigenvalue weighted by molar-refractivity contribution is 0.340. The maximum atomic E-state index is 9.64. The molecule has 0 saturated carbocycles. The summed E-state index contributed by atoms with van der Waals surface area (Å²) in [5.74, 6) is 0.766. The molecule has 0 aliphatic carbocycles. The van der Waals surface area contributed by atoms with Gasteiger partial charge < -0.3 is 20.3 Å². The predicted octanol–water partition coefficient (Wildman–Crippen LogP) is 1.38. The van der Waals surface area contributed by atoms with Gasteiger partial charge in [-0.25, -0.2) is 0 Å². The van der Waals surface area contributed by atoms with Gasteiger partial charge in [0, 0.05) is 6.54 Å². The lowest BCUT2D eigenvalue weighted by Gasteiger charge is -2.09. The number of aromatic hydroxyl groups is 1. The van der Waals surface area contributed by atoms with E-state index >= 15 is 0 Å². The Labute approximate surface area is 88.9 Å². The molecule has 82 valence electrons. The smallest absolute Gasteiger partial charge is 0.200 e. The first kappa shape index (κ1) is 11.4. The summed E-state index contributed by atoms with van der Waals surface area (Å²) in [6, 6.07) is 3.42. The lowest BCUT2D eigenvalue weighted by atomic mass is 10.1. The SMILES string of the molecule is COc1cc(C=CCN)cc(OC)c1O. The Morgan fingerprint density at radius 1 is 1.27 bits per heavy atom. The van der Waals surface area contributed by atoms with Gasteiger partial charge in [0.1, 0.15) is 0 Å². The Kier molecular flexibility index (Phi) is 4.00. The second-order valence-corrected chi connectivity index (χ2v) is 2.91. The Morgan fingerprint density at radius 2 is 1.80 bits per heavy atom. The molecule has 4 nitrogen and oxygen atoms in total. The highest BCUT2D eigenvalue weighted by atomic mass is 16.5. The van der Waals surface area contributed by atoms with Crippen LogP contribution in [0.15, 0.2) is 18.2 Å². The summed E-state index contributed by atoms with van der Waals surface area (Å²) in [4.78, 5) is 0. The van der Waals surface area contributed by atoms with Gasteiger partial charge in [0.25, 0.3) is 0 Å². The number of rotatable bonds is 4. The number of phenols is 1. The number of methoxy groups -OCH3 is 2. The van der Waals surface area contributed by atoms with Crippen LogP contribution in [0.25, 0.3) is 6.08 Å². The molecule has 0 unspecified atom stereocenters. The topological polar surface area (TPSA) is 64.7 Å². The van der Waals surface area contributed by atoms with E-state index in [9.17, 15) is 5.11 Å². The van der Waals surface area contributed by atoms with Crippen LogP contribution >= 0.6 is 0 Å². The zero-order valence-corrected chi connectivity index (χ0v) is 8.86. The number of nitrogens with two attached hydrogens (primary N) is 1. The van der Waals surface area contributed by atoms with E-state index in [2.05, 4.69) is 0 Å². The molecule has 15 heavy (non-hydrogen) atoms. The average Bonchev–Trinajstić information content (AvgIpc) is 2.27. The number of hydrogen-bond donors (Lipinski definition) is 2. The minimum Gasteiger partial charge on any atom is -0.502 e. The molecule has 0 aromatic heterocycles. The summed E-state index contributed by atoms with van der Waals surface area (Å²) in [6.07, 6.45) is 3.65. The van der Waals surface area contributed by atoms with Crippen LogP contribution in [0.1, 0.15) is 5.56 Å². The number of hydrogen-bond acceptors (Lipinski definition) is 4. The highest BCUT2D eigenvalue weighted by Crippen LogP contribution is 2.37. The summed E-state index contributed by atoms with van der Waals surface area (Å²) in [5, 5.41) is 9.64. The first-order chi connectivity index (χ1) is 7.22. The van der Waals surface area contributed by atoms with E-state index in [1.54, 1.807) is 12.1 Å². The van der Waals surface area contributed by atoms with Crippen LogP contribution < -0.4 is 15.2 Å². The van der Waals surface area contributed by atoms with E-state index in [4.69, 9.17) is 15.2 Å². The Morgan fingerprint density at radius 3 is 2.20 bits per heavy atom. The molecule has 0 radical (unpaired) electrons. The molecule has 0 amide bonds. The highest BCUT2D eigenvalue weighted by molar-refractivity contribution is 5.61. The molecule has 0 fully saturated rings. The molecular formula is C11H15NO3. The summed E-state index contributed by atoms with van der Waals surface area (Å²) in [6.45, 7) is 0.464. The van der Waals surface area contributed by atoms with Crippen LogP contribution in [0, 0.1) is 0 Å². The lowest BCUT2D eigenvalue weighted by Crippen LogP contribution is -1.93. The van der Waals surface area contributed by atoms with Crippen LogP contribution in [0.2, 0.25) is 0 Å². The van der Waals surface area contributed by atoms with E-state index in [0.717, 1.165) is 5.56 Å². The number of benzene rings is 1. The average molecular weight is 209 g/mol.